The Morgan fingerprint density at radius 1 is 1.04 bits per heavy atom. The number of rotatable bonds is 9. The lowest BCUT2D eigenvalue weighted by molar-refractivity contribution is -0.0681. The maximum absolute atomic E-state index is 9.64. The van der Waals surface area contributed by atoms with E-state index in [2.05, 4.69) is 30.6 Å². The van der Waals surface area contributed by atoms with Crippen LogP contribution in [-0.2, 0) is 4.74 Å². The van der Waals surface area contributed by atoms with Crippen molar-refractivity contribution in [3.63, 3.8) is 0 Å². The van der Waals surface area contributed by atoms with Crippen molar-refractivity contribution in [1.82, 2.24) is 4.90 Å². The highest BCUT2D eigenvalue weighted by Gasteiger charge is 2.21. The highest BCUT2D eigenvalue weighted by Crippen LogP contribution is 2.14. The van der Waals surface area contributed by atoms with Gasteiger partial charge < -0.3 is 14.6 Å². The molecule has 0 spiro atoms. The van der Waals surface area contributed by atoms with Gasteiger partial charge in [0, 0.05) is 18.7 Å². The predicted octanol–water partition coefficient (Wildman–Crippen LogP) is 4.25. The Labute approximate surface area is 171 Å². The minimum Gasteiger partial charge on any atom is -0.494 e. The molecule has 2 rings (SSSR count). The van der Waals surface area contributed by atoms with Gasteiger partial charge in [-0.25, -0.2) is 0 Å². The third kappa shape index (κ3) is 9.59. The second-order valence-corrected chi connectivity index (χ2v) is 8.47. The second-order valence-electron chi connectivity index (χ2n) is 8.47. The lowest BCUT2D eigenvalue weighted by Crippen LogP contribution is -2.45. The molecule has 1 N–H and O–H groups in total. The fourth-order valence-corrected chi connectivity index (χ4v) is 3.48. The molecule has 0 amide bonds. The zero-order valence-electron chi connectivity index (χ0n) is 18.0. The summed E-state index contributed by atoms with van der Waals surface area (Å²) in [6, 6.07) is 7.75. The van der Waals surface area contributed by atoms with Gasteiger partial charge in [-0.05, 0) is 71.3 Å². The van der Waals surface area contributed by atoms with Gasteiger partial charge in [-0.1, -0.05) is 31.1 Å². The summed E-state index contributed by atoms with van der Waals surface area (Å²) in [7, 11) is 0. The minimum atomic E-state index is -0.964. The molecule has 28 heavy (non-hydrogen) atoms. The first-order valence-electron chi connectivity index (χ1n) is 10.7. The van der Waals surface area contributed by atoms with Crippen LogP contribution in [0.2, 0.25) is 0 Å². The molecule has 2 atom stereocenters. The van der Waals surface area contributed by atoms with E-state index >= 15 is 0 Å². The van der Waals surface area contributed by atoms with Crippen LogP contribution in [0, 0.1) is 11.8 Å². The van der Waals surface area contributed by atoms with Gasteiger partial charge >= 0.3 is 0 Å². The average Bonchev–Trinajstić information content (AvgIpc) is 2.62. The minimum absolute atomic E-state index is 0.364. The molecule has 1 aliphatic rings. The monoisotopic (exact) mass is 387 g/mol. The first kappa shape index (κ1) is 22.7. The molecule has 0 bridgehead atoms. The summed E-state index contributed by atoms with van der Waals surface area (Å²) in [5.74, 6) is 6.66. The lowest BCUT2D eigenvalue weighted by Gasteiger charge is -2.35. The van der Waals surface area contributed by atoms with Gasteiger partial charge in [0.05, 0.1) is 18.8 Å². The SMILES string of the molecule is CC1CN(CCCCCCCOc2ccc(C#CC(C)(C)O)cc2)CC(C)O1. The number of ether oxygens (including phenoxy) is 2. The van der Waals surface area contributed by atoms with E-state index < -0.39 is 5.60 Å². The van der Waals surface area contributed by atoms with E-state index in [1.54, 1.807) is 13.8 Å². The second kappa shape index (κ2) is 11.5. The molecule has 1 aliphatic heterocycles. The Balaban J connectivity index is 1.52. The fourth-order valence-electron chi connectivity index (χ4n) is 3.48. The van der Waals surface area contributed by atoms with Gasteiger partial charge in [0.1, 0.15) is 11.4 Å². The maximum Gasteiger partial charge on any atom is 0.120 e. The summed E-state index contributed by atoms with van der Waals surface area (Å²) in [4.78, 5) is 2.54. The highest BCUT2D eigenvalue weighted by molar-refractivity contribution is 5.39. The molecule has 1 heterocycles. The molecule has 0 saturated carbocycles. The number of benzene rings is 1. The lowest BCUT2D eigenvalue weighted by atomic mass is 10.1. The van der Waals surface area contributed by atoms with E-state index in [4.69, 9.17) is 9.47 Å². The average molecular weight is 388 g/mol. The first-order valence-corrected chi connectivity index (χ1v) is 10.7. The van der Waals surface area contributed by atoms with Crippen molar-refractivity contribution in [2.75, 3.05) is 26.2 Å². The Hall–Kier alpha value is -1.54. The summed E-state index contributed by atoms with van der Waals surface area (Å²) < 4.78 is 11.6. The fraction of sp³-hybridized carbons (Fsp3) is 0.667. The van der Waals surface area contributed by atoms with Crippen LogP contribution >= 0.6 is 0 Å². The molecule has 0 aliphatic carbocycles. The van der Waals surface area contributed by atoms with Crippen molar-refractivity contribution in [1.29, 1.82) is 0 Å². The van der Waals surface area contributed by atoms with Crippen LogP contribution in [0.5, 0.6) is 5.75 Å². The molecule has 156 valence electrons. The predicted molar refractivity (Wildman–Crippen MR) is 115 cm³/mol. The van der Waals surface area contributed by atoms with Crippen LogP contribution in [0.3, 0.4) is 0 Å². The Bertz CT molecular complexity index is 614. The van der Waals surface area contributed by atoms with Crippen molar-refractivity contribution in [2.24, 2.45) is 0 Å². The summed E-state index contributed by atoms with van der Waals surface area (Å²) in [5.41, 5.74) is -0.0765. The molecule has 1 saturated heterocycles. The highest BCUT2D eigenvalue weighted by atomic mass is 16.5. The molecule has 1 aromatic rings. The summed E-state index contributed by atoms with van der Waals surface area (Å²) in [5, 5.41) is 9.64. The molecule has 0 radical (unpaired) electrons. The molecule has 0 aromatic heterocycles. The van der Waals surface area contributed by atoms with Gasteiger partial charge in [0.25, 0.3) is 0 Å². The van der Waals surface area contributed by atoms with E-state index in [0.717, 1.165) is 37.4 Å². The number of nitrogens with zero attached hydrogens (tertiary/aromatic N) is 1. The third-order valence-electron chi connectivity index (χ3n) is 4.75. The molecular weight excluding hydrogens is 350 g/mol. The number of aliphatic hydroxyl groups is 1. The normalized spacial score (nSPS) is 20.5. The molecule has 1 aromatic carbocycles. The van der Waals surface area contributed by atoms with Crippen LogP contribution in [0.15, 0.2) is 24.3 Å². The third-order valence-corrected chi connectivity index (χ3v) is 4.75. The van der Waals surface area contributed by atoms with E-state index in [1.807, 2.05) is 24.3 Å². The van der Waals surface area contributed by atoms with Crippen molar-refractivity contribution in [3.8, 4) is 17.6 Å². The zero-order chi connectivity index (χ0) is 20.4. The van der Waals surface area contributed by atoms with Crippen molar-refractivity contribution in [2.45, 2.75) is 77.6 Å². The van der Waals surface area contributed by atoms with E-state index in [1.165, 1.54) is 32.2 Å². The molecular formula is C24H37NO3. The van der Waals surface area contributed by atoms with Gasteiger partial charge in [-0.15, -0.1) is 0 Å². The van der Waals surface area contributed by atoms with Crippen molar-refractivity contribution >= 4 is 0 Å². The molecule has 2 unspecified atom stereocenters. The van der Waals surface area contributed by atoms with Gasteiger partial charge in [-0.3, -0.25) is 4.90 Å². The van der Waals surface area contributed by atoms with Crippen LogP contribution in [0.1, 0.15) is 65.4 Å². The van der Waals surface area contributed by atoms with E-state index in [0.29, 0.717) is 12.2 Å². The van der Waals surface area contributed by atoms with Crippen LogP contribution < -0.4 is 4.74 Å². The van der Waals surface area contributed by atoms with Crippen LogP contribution in [-0.4, -0.2) is 54.1 Å². The smallest absolute Gasteiger partial charge is 0.120 e. The van der Waals surface area contributed by atoms with E-state index in [9.17, 15) is 5.11 Å². The first-order chi connectivity index (χ1) is 13.3. The Kier molecular flexibility index (Phi) is 9.31. The maximum atomic E-state index is 9.64. The Morgan fingerprint density at radius 3 is 2.29 bits per heavy atom. The van der Waals surface area contributed by atoms with Crippen molar-refractivity contribution in [3.05, 3.63) is 29.8 Å². The number of morpholine rings is 1. The van der Waals surface area contributed by atoms with Gasteiger partial charge in [0.15, 0.2) is 0 Å². The Morgan fingerprint density at radius 2 is 1.64 bits per heavy atom. The molecule has 4 nitrogen and oxygen atoms in total. The van der Waals surface area contributed by atoms with E-state index in [-0.39, 0.29) is 0 Å². The van der Waals surface area contributed by atoms with Crippen LogP contribution in [0.4, 0.5) is 0 Å². The molecule has 4 heteroatoms. The summed E-state index contributed by atoms with van der Waals surface area (Å²) in [6.45, 7) is 11.8. The zero-order valence-corrected chi connectivity index (χ0v) is 18.0. The van der Waals surface area contributed by atoms with Gasteiger partial charge in [-0.2, -0.15) is 0 Å². The number of unbranched alkanes of at least 4 members (excludes halogenated alkanes) is 4. The van der Waals surface area contributed by atoms with Gasteiger partial charge in [0.2, 0.25) is 0 Å². The summed E-state index contributed by atoms with van der Waals surface area (Å²) in [6.07, 6.45) is 6.86. The quantitative estimate of drug-likeness (QED) is 0.508. The topological polar surface area (TPSA) is 41.9 Å². The number of hydrogen-bond acceptors (Lipinski definition) is 4. The molecule has 1 fully saturated rings. The van der Waals surface area contributed by atoms with Crippen molar-refractivity contribution < 1.29 is 14.6 Å². The standard InChI is InChI=1S/C24H37NO3/c1-20-18-25(19-21(2)28-20)16-8-6-5-7-9-17-27-23-12-10-22(11-13-23)14-15-24(3,4)26/h10-13,20-21,26H,5-9,16-19H2,1-4H3. The number of hydrogen-bond donors (Lipinski definition) is 1. The summed E-state index contributed by atoms with van der Waals surface area (Å²) >= 11 is 0. The largest absolute Gasteiger partial charge is 0.494 e. The van der Waals surface area contributed by atoms with Crippen LogP contribution in [0.25, 0.3) is 0 Å².